The van der Waals surface area contributed by atoms with Crippen molar-refractivity contribution in [1.29, 1.82) is 0 Å². The van der Waals surface area contributed by atoms with Crippen molar-refractivity contribution in [2.75, 3.05) is 18.8 Å². The monoisotopic (exact) mass is 457 g/mol. The summed E-state index contributed by atoms with van der Waals surface area (Å²) in [4.78, 5) is 14.5. The zero-order valence-corrected chi connectivity index (χ0v) is 17.9. The van der Waals surface area contributed by atoms with Gasteiger partial charge in [0.25, 0.3) is 5.91 Å². The largest absolute Gasteiger partial charge is 0.457 e. The second-order valence-electron chi connectivity index (χ2n) is 7.54. The number of hydrogen-bond acceptors (Lipinski definition) is 4. The van der Waals surface area contributed by atoms with Crippen LogP contribution in [0.3, 0.4) is 0 Å². The number of carbonyl (C=O) groups is 1. The van der Waals surface area contributed by atoms with Crippen LogP contribution in [0.1, 0.15) is 27.6 Å². The number of hydrogen-bond donors (Lipinski definition) is 0. The molecule has 0 N–H and O–H groups in total. The summed E-state index contributed by atoms with van der Waals surface area (Å²) in [6.45, 7) is 0.204. The van der Waals surface area contributed by atoms with Crippen LogP contribution in [0.5, 0.6) is 11.5 Å². The predicted octanol–water partition coefficient (Wildman–Crippen LogP) is 4.76. The smallest absolute Gasteiger partial charge is 0.254 e. The van der Waals surface area contributed by atoms with E-state index in [4.69, 9.17) is 4.74 Å². The van der Waals surface area contributed by atoms with Crippen LogP contribution in [0.4, 0.5) is 8.78 Å². The normalized spacial score (nSPS) is 18.1. The summed E-state index contributed by atoms with van der Waals surface area (Å²) in [5, 5.41) is -0.991. The van der Waals surface area contributed by atoms with Crippen molar-refractivity contribution in [3.8, 4) is 11.5 Å². The number of benzene rings is 3. The molecule has 3 aromatic rings. The Morgan fingerprint density at radius 2 is 1.66 bits per heavy atom. The quantitative estimate of drug-likeness (QED) is 0.567. The Balaban J connectivity index is 1.51. The molecule has 3 aromatic carbocycles. The van der Waals surface area contributed by atoms with Crippen LogP contribution in [0.2, 0.25) is 0 Å². The molecule has 1 fully saturated rings. The van der Waals surface area contributed by atoms with Gasteiger partial charge in [-0.15, -0.1) is 0 Å². The Hall–Kier alpha value is -3.26. The molecule has 0 aromatic heterocycles. The third-order valence-corrected chi connectivity index (χ3v) is 7.52. The first kappa shape index (κ1) is 22.0. The first-order valence-corrected chi connectivity index (χ1v) is 11.8. The summed E-state index contributed by atoms with van der Waals surface area (Å²) in [6, 6.07) is 17.8. The van der Waals surface area contributed by atoms with E-state index in [1.165, 1.54) is 47.4 Å². The molecule has 0 spiro atoms. The lowest BCUT2D eigenvalue weighted by Gasteiger charge is -2.20. The number of carbonyl (C=O) groups excluding carboxylic acids is 1. The summed E-state index contributed by atoms with van der Waals surface area (Å²) in [5.74, 6) is -0.709. The van der Waals surface area contributed by atoms with Gasteiger partial charge in [0.1, 0.15) is 23.1 Å². The fourth-order valence-corrected chi connectivity index (χ4v) is 5.55. The van der Waals surface area contributed by atoms with E-state index < -0.39 is 20.9 Å². The summed E-state index contributed by atoms with van der Waals surface area (Å²) in [6.07, 6.45) is 0.112. The van der Waals surface area contributed by atoms with E-state index in [0.717, 1.165) is 0 Å². The summed E-state index contributed by atoms with van der Waals surface area (Å²) < 4.78 is 58.6. The Bertz CT molecular complexity index is 1230. The summed E-state index contributed by atoms with van der Waals surface area (Å²) >= 11 is 0. The molecule has 0 saturated carbocycles. The lowest BCUT2D eigenvalue weighted by atomic mass is 10.1. The topological polar surface area (TPSA) is 63.7 Å². The van der Waals surface area contributed by atoms with Crippen molar-refractivity contribution in [2.45, 2.75) is 11.7 Å². The summed E-state index contributed by atoms with van der Waals surface area (Å²) in [7, 11) is -3.63. The van der Waals surface area contributed by atoms with Gasteiger partial charge in [-0.2, -0.15) is 0 Å². The number of halogens is 2. The van der Waals surface area contributed by atoms with E-state index in [2.05, 4.69) is 0 Å². The maximum absolute atomic E-state index is 14.2. The number of sulfone groups is 1. The minimum Gasteiger partial charge on any atom is -0.457 e. The van der Waals surface area contributed by atoms with Gasteiger partial charge in [-0.25, -0.2) is 17.2 Å². The summed E-state index contributed by atoms with van der Waals surface area (Å²) in [5.41, 5.74) is 0.475. The lowest BCUT2D eigenvalue weighted by molar-refractivity contribution is 0.0766. The molecule has 0 radical (unpaired) electrons. The predicted molar refractivity (Wildman–Crippen MR) is 116 cm³/mol. The van der Waals surface area contributed by atoms with Crippen LogP contribution >= 0.6 is 0 Å². The highest BCUT2D eigenvalue weighted by atomic mass is 32.2. The van der Waals surface area contributed by atoms with E-state index in [-0.39, 0.29) is 42.6 Å². The van der Waals surface area contributed by atoms with Gasteiger partial charge in [-0.05, 0) is 55.0 Å². The highest BCUT2D eigenvalue weighted by Crippen LogP contribution is 2.32. The first-order chi connectivity index (χ1) is 15.3. The average molecular weight is 457 g/mol. The van der Waals surface area contributed by atoms with Crippen molar-refractivity contribution in [2.24, 2.45) is 0 Å². The van der Waals surface area contributed by atoms with Crippen LogP contribution in [-0.2, 0) is 9.84 Å². The van der Waals surface area contributed by atoms with E-state index in [1.54, 1.807) is 30.3 Å². The van der Waals surface area contributed by atoms with Crippen LogP contribution in [0.15, 0.2) is 72.8 Å². The van der Waals surface area contributed by atoms with Gasteiger partial charge in [0.15, 0.2) is 9.84 Å². The Kier molecular flexibility index (Phi) is 6.23. The number of rotatable bonds is 4. The van der Waals surface area contributed by atoms with Gasteiger partial charge in [0.05, 0.1) is 11.0 Å². The van der Waals surface area contributed by atoms with Crippen molar-refractivity contribution in [1.82, 2.24) is 4.90 Å². The van der Waals surface area contributed by atoms with Crippen LogP contribution in [-0.4, -0.2) is 38.1 Å². The second kappa shape index (κ2) is 9.08. The van der Waals surface area contributed by atoms with Gasteiger partial charge >= 0.3 is 0 Å². The number of amides is 1. The van der Waals surface area contributed by atoms with Crippen molar-refractivity contribution < 1.29 is 26.7 Å². The Labute approximate surface area is 185 Å². The van der Waals surface area contributed by atoms with E-state index in [0.29, 0.717) is 17.1 Å². The van der Waals surface area contributed by atoms with Gasteiger partial charge in [-0.3, -0.25) is 4.79 Å². The van der Waals surface area contributed by atoms with Crippen molar-refractivity contribution in [3.05, 3.63) is 95.6 Å². The van der Waals surface area contributed by atoms with Crippen molar-refractivity contribution in [3.63, 3.8) is 0 Å². The molecule has 4 rings (SSSR count). The third kappa shape index (κ3) is 4.80. The molecule has 1 unspecified atom stereocenters. The lowest BCUT2D eigenvalue weighted by Crippen LogP contribution is -2.33. The van der Waals surface area contributed by atoms with Gasteiger partial charge in [0, 0.05) is 24.2 Å². The SMILES string of the molecule is O=C(c1cccc(Oc2ccc(F)cc2)c1)N1CCC(c2ccccc2F)S(=O)(=O)CC1. The molecule has 0 aliphatic carbocycles. The number of nitrogens with zero attached hydrogens (tertiary/aromatic N) is 1. The van der Waals surface area contributed by atoms with Gasteiger partial charge in [0.2, 0.25) is 0 Å². The van der Waals surface area contributed by atoms with Crippen LogP contribution in [0, 0.1) is 11.6 Å². The molecule has 1 saturated heterocycles. The highest BCUT2D eigenvalue weighted by Gasteiger charge is 2.34. The molecule has 166 valence electrons. The third-order valence-electron chi connectivity index (χ3n) is 5.41. The molecule has 8 heteroatoms. The Morgan fingerprint density at radius 1 is 0.906 bits per heavy atom. The molecule has 1 aliphatic rings. The molecule has 1 atom stereocenters. The fourth-order valence-electron chi connectivity index (χ4n) is 3.75. The minimum atomic E-state index is -3.63. The van der Waals surface area contributed by atoms with E-state index in [9.17, 15) is 22.0 Å². The highest BCUT2D eigenvalue weighted by molar-refractivity contribution is 7.91. The first-order valence-electron chi connectivity index (χ1n) is 10.1. The van der Waals surface area contributed by atoms with Gasteiger partial charge < -0.3 is 9.64 Å². The van der Waals surface area contributed by atoms with Crippen LogP contribution < -0.4 is 4.74 Å². The van der Waals surface area contributed by atoms with Crippen molar-refractivity contribution >= 4 is 15.7 Å². The zero-order chi connectivity index (χ0) is 22.7. The zero-order valence-electron chi connectivity index (χ0n) is 17.1. The molecule has 1 amide bonds. The Morgan fingerprint density at radius 3 is 2.41 bits per heavy atom. The van der Waals surface area contributed by atoms with Gasteiger partial charge in [-0.1, -0.05) is 24.3 Å². The fraction of sp³-hybridized carbons (Fsp3) is 0.208. The minimum absolute atomic E-state index is 0.0230. The van der Waals surface area contributed by atoms with E-state index in [1.807, 2.05) is 0 Å². The molecule has 1 heterocycles. The molecule has 0 bridgehead atoms. The van der Waals surface area contributed by atoms with E-state index >= 15 is 0 Å². The average Bonchev–Trinajstić information content (AvgIpc) is 2.93. The maximum Gasteiger partial charge on any atom is 0.254 e. The number of ether oxygens (including phenoxy) is 1. The molecule has 32 heavy (non-hydrogen) atoms. The standard InChI is InChI=1S/C24H21F2NO4S/c25-18-8-10-19(11-9-18)31-20-5-3-4-17(16-20)24(28)27-13-12-23(32(29,30)15-14-27)21-6-1-2-7-22(21)26/h1-11,16,23H,12-15H2. The second-order valence-corrected chi connectivity index (χ2v) is 9.84. The molecular weight excluding hydrogens is 436 g/mol. The van der Waals surface area contributed by atoms with Crippen LogP contribution in [0.25, 0.3) is 0 Å². The molecule has 1 aliphatic heterocycles. The maximum atomic E-state index is 14.2. The molecule has 5 nitrogen and oxygen atoms in total. The molecular formula is C24H21F2NO4S.